The Morgan fingerprint density at radius 1 is 1.14 bits per heavy atom. The second kappa shape index (κ2) is 8.07. The molecule has 29 heavy (non-hydrogen) atoms. The molecule has 1 aliphatic rings. The van der Waals surface area contributed by atoms with Crippen molar-refractivity contribution in [1.82, 2.24) is 10.2 Å². The number of piperidine rings is 1. The predicted octanol–water partition coefficient (Wildman–Crippen LogP) is 5.15. The average Bonchev–Trinajstić information content (AvgIpc) is 3.26. The van der Waals surface area contributed by atoms with Crippen molar-refractivity contribution >= 4 is 16.9 Å². The summed E-state index contributed by atoms with van der Waals surface area (Å²) >= 11 is 0. The Bertz CT molecular complexity index is 1010. The van der Waals surface area contributed by atoms with Crippen LogP contribution in [0, 0.1) is 26.7 Å². The molecule has 1 fully saturated rings. The maximum Gasteiger partial charge on any atom is 0.287 e. The van der Waals surface area contributed by atoms with Gasteiger partial charge in [0.05, 0.1) is 6.04 Å². The first kappa shape index (κ1) is 19.8. The molecule has 3 aromatic rings. The second-order valence-corrected chi connectivity index (χ2v) is 8.45. The van der Waals surface area contributed by atoms with Gasteiger partial charge >= 0.3 is 0 Å². The summed E-state index contributed by atoms with van der Waals surface area (Å²) in [6, 6.07) is 10.1. The molecule has 1 atom stereocenters. The second-order valence-electron chi connectivity index (χ2n) is 8.45. The smallest absolute Gasteiger partial charge is 0.287 e. The minimum Gasteiger partial charge on any atom is -0.465 e. The van der Waals surface area contributed by atoms with Gasteiger partial charge in [-0.05, 0) is 76.4 Å². The van der Waals surface area contributed by atoms with Crippen molar-refractivity contribution in [2.75, 3.05) is 19.6 Å². The third-order valence-corrected chi connectivity index (χ3v) is 6.10. The number of hydrogen-bond donors (Lipinski definition) is 1. The molecule has 1 N–H and O–H groups in total. The van der Waals surface area contributed by atoms with E-state index >= 15 is 0 Å². The molecule has 5 heteroatoms. The van der Waals surface area contributed by atoms with Crippen LogP contribution < -0.4 is 5.32 Å². The Labute approximate surface area is 172 Å². The van der Waals surface area contributed by atoms with Crippen LogP contribution in [0.25, 0.3) is 11.0 Å². The Balaban J connectivity index is 1.52. The number of benzene rings is 1. The molecular weight excluding hydrogens is 364 g/mol. The lowest BCUT2D eigenvalue weighted by Crippen LogP contribution is -2.41. The molecule has 0 radical (unpaired) electrons. The third kappa shape index (κ3) is 4.10. The number of amides is 1. The fourth-order valence-corrected chi connectivity index (χ4v) is 4.20. The summed E-state index contributed by atoms with van der Waals surface area (Å²) < 4.78 is 11.8. The van der Waals surface area contributed by atoms with Crippen LogP contribution in [0.1, 0.15) is 59.0 Å². The molecule has 1 aliphatic heterocycles. The van der Waals surface area contributed by atoms with E-state index < -0.39 is 0 Å². The van der Waals surface area contributed by atoms with E-state index in [1.165, 1.54) is 12.8 Å². The van der Waals surface area contributed by atoms with Crippen molar-refractivity contribution in [1.29, 1.82) is 0 Å². The molecule has 3 heterocycles. The number of nitrogens with zero attached hydrogens (tertiary/aromatic N) is 1. The summed E-state index contributed by atoms with van der Waals surface area (Å²) in [5.41, 5.74) is 2.76. The Morgan fingerprint density at radius 2 is 1.90 bits per heavy atom. The van der Waals surface area contributed by atoms with Crippen LogP contribution in [-0.2, 0) is 0 Å². The summed E-state index contributed by atoms with van der Waals surface area (Å²) in [7, 11) is 0. The largest absolute Gasteiger partial charge is 0.465 e. The summed E-state index contributed by atoms with van der Waals surface area (Å²) in [5, 5.41) is 4.09. The maximum atomic E-state index is 12.9. The summed E-state index contributed by atoms with van der Waals surface area (Å²) in [6.45, 7) is 10.8. The van der Waals surface area contributed by atoms with Gasteiger partial charge in [-0.25, -0.2) is 0 Å². The number of carbonyl (C=O) groups is 1. The zero-order valence-electron chi connectivity index (χ0n) is 17.7. The van der Waals surface area contributed by atoms with Crippen LogP contribution in [0.15, 0.2) is 39.2 Å². The highest BCUT2D eigenvalue weighted by Crippen LogP contribution is 2.29. The summed E-state index contributed by atoms with van der Waals surface area (Å²) in [4.78, 5) is 15.4. The number of likely N-dealkylation sites (tertiary alicyclic amines) is 1. The Morgan fingerprint density at radius 3 is 2.59 bits per heavy atom. The first-order chi connectivity index (χ1) is 13.9. The zero-order valence-corrected chi connectivity index (χ0v) is 17.7. The van der Waals surface area contributed by atoms with Gasteiger partial charge in [0, 0.05) is 17.5 Å². The SMILES string of the molecule is Cc1ccc2c(C)c(C(=O)NCC(c3ccc(C)o3)N3CCC(C)CC3)oc2c1. The number of furan rings is 2. The zero-order chi connectivity index (χ0) is 20.5. The van der Waals surface area contributed by atoms with Gasteiger partial charge in [-0.2, -0.15) is 0 Å². The molecule has 1 saturated heterocycles. The maximum absolute atomic E-state index is 12.9. The standard InChI is InChI=1S/C24H30N2O3/c1-15-9-11-26(12-10-15)20(21-8-6-17(3)28-21)14-25-24(27)23-18(4)19-7-5-16(2)13-22(19)29-23/h5-8,13,15,20H,9-12,14H2,1-4H3,(H,25,27). The molecule has 0 aliphatic carbocycles. The normalized spacial score (nSPS) is 17.0. The third-order valence-electron chi connectivity index (χ3n) is 6.10. The van der Waals surface area contributed by atoms with Gasteiger partial charge in [-0.15, -0.1) is 0 Å². The number of hydrogen-bond acceptors (Lipinski definition) is 4. The van der Waals surface area contributed by atoms with Crippen LogP contribution in [0.3, 0.4) is 0 Å². The minimum atomic E-state index is -0.171. The Kier molecular flexibility index (Phi) is 5.50. The van der Waals surface area contributed by atoms with E-state index in [1.54, 1.807) is 0 Å². The summed E-state index contributed by atoms with van der Waals surface area (Å²) in [5.74, 6) is 2.78. The van der Waals surface area contributed by atoms with Crippen LogP contribution in [0.4, 0.5) is 0 Å². The van der Waals surface area contributed by atoms with Crippen molar-refractivity contribution in [3.05, 3.63) is 58.7 Å². The lowest BCUT2D eigenvalue weighted by molar-refractivity contribution is 0.0871. The monoisotopic (exact) mass is 394 g/mol. The van der Waals surface area contributed by atoms with Gasteiger partial charge in [0.25, 0.3) is 5.91 Å². The molecule has 1 aromatic carbocycles. The lowest BCUT2D eigenvalue weighted by Gasteiger charge is -2.35. The van der Waals surface area contributed by atoms with Crippen LogP contribution in [0.2, 0.25) is 0 Å². The molecule has 2 aromatic heterocycles. The van der Waals surface area contributed by atoms with Gasteiger partial charge < -0.3 is 14.2 Å². The van der Waals surface area contributed by atoms with E-state index in [0.29, 0.717) is 12.3 Å². The van der Waals surface area contributed by atoms with E-state index in [4.69, 9.17) is 8.83 Å². The molecule has 0 bridgehead atoms. The first-order valence-corrected chi connectivity index (χ1v) is 10.5. The van der Waals surface area contributed by atoms with Crippen molar-refractivity contribution < 1.29 is 13.6 Å². The fourth-order valence-electron chi connectivity index (χ4n) is 4.20. The van der Waals surface area contributed by atoms with Crippen molar-refractivity contribution in [2.45, 2.75) is 46.6 Å². The molecular formula is C24H30N2O3. The molecule has 0 spiro atoms. The number of fused-ring (bicyclic) bond motifs is 1. The predicted molar refractivity (Wildman–Crippen MR) is 114 cm³/mol. The van der Waals surface area contributed by atoms with Gasteiger partial charge in [0.1, 0.15) is 17.1 Å². The van der Waals surface area contributed by atoms with E-state index in [2.05, 4.69) is 17.1 Å². The van der Waals surface area contributed by atoms with Gasteiger partial charge in [-0.3, -0.25) is 9.69 Å². The molecule has 5 nitrogen and oxygen atoms in total. The summed E-state index contributed by atoms with van der Waals surface area (Å²) in [6.07, 6.45) is 2.35. The topological polar surface area (TPSA) is 58.6 Å². The van der Waals surface area contributed by atoms with Crippen LogP contribution >= 0.6 is 0 Å². The quantitative estimate of drug-likeness (QED) is 0.650. The number of nitrogens with one attached hydrogen (secondary N) is 1. The van der Waals surface area contributed by atoms with E-state index in [-0.39, 0.29) is 11.9 Å². The minimum absolute atomic E-state index is 0.0343. The van der Waals surface area contributed by atoms with Crippen LogP contribution in [-0.4, -0.2) is 30.4 Å². The van der Waals surface area contributed by atoms with Crippen molar-refractivity contribution in [3.63, 3.8) is 0 Å². The van der Waals surface area contributed by atoms with E-state index in [1.807, 2.05) is 51.1 Å². The highest BCUT2D eigenvalue weighted by atomic mass is 16.3. The number of aryl methyl sites for hydroxylation is 3. The van der Waals surface area contributed by atoms with Crippen molar-refractivity contribution in [3.8, 4) is 0 Å². The van der Waals surface area contributed by atoms with Crippen LogP contribution in [0.5, 0.6) is 0 Å². The highest BCUT2D eigenvalue weighted by Gasteiger charge is 2.28. The number of carbonyl (C=O) groups excluding carboxylic acids is 1. The van der Waals surface area contributed by atoms with Gasteiger partial charge in [0.15, 0.2) is 5.76 Å². The van der Waals surface area contributed by atoms with Gasteiger partial charge in [0.2, 0.25) is 0 Å². The molecule has 4 rings (SSSR count). The molecule has 1 amide bonds. The molecule has 1 unspecified atom stereocenters. The highest BCUT2D eigenvalue weighted by molar-refractivity contribution is 5.99. The van der Waals surface area contributed by atoms with E-state index in [9.17, 15) is 4.79 Å². The fraction of sp³-hybridized carbons (Fsp3) is 0.458. The lowest BCUT2D eigenvalue weighted by atomic mass is 9.97. The number of rotatable bonds is 5. The van der Waals surface area contributed by atoms with Crippen molar-refractivity contribution in [2.24, 2.45) is 5.92 Å². The first-order valence-electron chi connectivity index (χ1n) is 10.5. The Hall–Kier alpha value is -2.53. The molecule has 0 saturated carbocycles. The van der Waals surface area contributed by atoms with E-state index in [0.717, 1.165) is 52.6 Å². The molecule has 154 valence electrons. The average molecular weight is 395 g/mol. The van der Waals surface area contributed by atoms with Gasteiger partial charge in [-0.1, -0.05) is 19.1 Å².